The molecule has 0 saturated carbocycles. The third-order valence-corrected chi connectivity index (χ3v) is 1.77. The van der Waals surface area contributed by atoms with Crippen LogP contribution in [0.25, 0.3) is 0 Å². The summed E-state index contributed by atoms with van der Waals surface area (Å²) in [6, 6.07) is 0. The Morgan fingerprint density at radius 1 is 1.47 bits per heavy atom. The smallest absolute Gasteiger partial charge is 0.389 e. The normalized spacial score (nSPS) is 12.8. The summed E-state index contributed by atoms with van der Waals surface area (Å²) in [5.41, 5.74) is 1.03. The lowest BCUT2D eigenvalue weighted by Crippen LogP contribution is -2.30. The molecule has 0 aliphatic heterocycles. The van der Waals surface area contributed by atoms with E-state index in [0.29, 0.717) is 4.68 Å². The molecule has 9 heteroatoms. The monoisotopic (exact) mass is 252 g/mol. The van der Waals surface area contributed by atoms with Gasteiger partial charge in [0, 0.05) is 0 Å². The Morgan fingerprint density at radius 2 is 2.00 bits per heavy atom. The summed E-state index contributed by atoms with van der Waals surface area (Å²) in [5.74, 6) is -1.32. The molecule has 96 valence electrons. The molecule has 0 atom stereocenters. The first-order valence-electron chi connectivity index (χ1n) is 4.55. The van der Waals surface area contributed by atoms with Gasteiger partial charge in [0.15, 0.2) is 11.4 Å². The standard InChI is InChI=1S/C8H11F3N4O2/c1-7(2,17)3-15-5(8(9,10)11)4(6(12)16)13-14-15/h17H,3H2,1-2H3,(H2,12,16). The quantitative estimate of drug-likeness (QED) is 0.801. The van der Waals surface area contributed by atoms with Gasteiger partial charge in [-0.15, -0.1) is 5.10 Å². The minimum Gasteiger partial charge on any atom is -0.389 e. The second-order valence-electron chi connectivity index (χ2n) is 4.12. The van der Waals surface area contributed by atoms with Crippen molar-refractivity contribution in [2.24, 2.45) is 5.73 Å². The highest BCUT2D eigenvalue weighted by molar-refractivity contribution is 5.91. The van der Waals surface area contributed by atoms with Crippen molar-refractivity contribution in [3.05, 3.63) is 11.4 Å². The van der Waals surface area contributed by atoms with E-state index in [9.17, 15) is 23.1 Å². The van der Waals surface area contributed by atoms with E-state index >= 15 is 0 Å². The van der Waals surface area contributed by atoms with E-state index in [1.807, 2.05) is 0 Å². The van der Waals surface area contributed by atoms with E-state index in [2.05, 4.69) is 10.3 Å². The van der Waals surface area contributed by atoms with Crippen LogP contribution in [0.4, 0.5) is 13.2 Å². The van der Waals surface area contributed by atoms with E-state index < -0.39 is 35.6 Å². The van der Waals surface area contributed by atoms with Crippen LogP contribution in [0.15, 0.2) is 0 Å². The number of aliphatic hydroxyl groups is 1. The van der Waals surface area contributed by atoms with Gasteiger partial charge in [0.1, 0.15) is 0 Å². The summed E-state index contributed by atoms with van der Waals surface area (Å²) in [6.45, 7) is 2.15. The maximum absolute atomic E-state index is 12.7. The summed E-state index contributed by atoms with van der Waals surface area (Å²) in [5, 5.41) is 15.7. The van der Waals surface area contributed by atoms with E-state index in [4.69, 9.17) is 5.73 Å². The molecule has 3 N–H and O–H groups in total. The molecule has 0 unspecified atom stereocenters. The van der Waals surface area contributed by atoms with E-state index in [0.717, 1.165) is 0 Å². The molecule has 0 aromatic carbocycles. The second kappa shape index (κ2) is 3.99. The molecular formula is C8H11F3N4O2. The largest absolute Gasteiger partial charge is 0.435 e. The molecule has 0 spiro atoms. The fourth-order valence-electron chi connectivity index (χ4n) is 1.24. The fourth-order valence-corrected chi connectivity index (χ4v) is 1.24. The molecule has 0 bridgehead atoms. The molecule has 17 heavy (non-hydrogen) atoms. The number of halogens is 3. The summed E-state index contributed by atoms with van der Waals surface area (Å²) >= 11 is 0. The van der Waals surface area contributed by atoms with Gasteiger partial charge < -0.3 is 10.8 Å². The maximum atomic E-state index is 12.7. The van der Waals surface area contributed by atoms with Gasteiger partial charge in [-0.2, -0.15) is 13.2 Å². The number of nitrogens with zero attached hydrogens (tertiary/aromatic N) is 3. The lowest BCUT2D eigenvalue weighted by atomic mass is 10.1. The molecule has 1 heterocycles. The van der Waals surface area contributed by atoms with Crippen LogP contribution in [-0.2, 0) is 12.7 Å². The average Bonchev–Trinajstić information content (AvgIpc) is 2.43. The van der Waals surface area contributed by atoms with Gasteiger partial charge in [0.25, 0.3) is 5.91 Å². The number of amides is 1. The lowest BCUT2D eigenvalue weighted by molar-refractivity contribution is -0.145. The Bertz CT molecular complexity index is 433. The van der Waals surface area contributed by atoms with Crippen molar-refractivity contribution >= 4 is 5.91 Å². The highest BCUT2D eigenvalue weighted by atomic mass is 19.4. The van der Waals surface area contributed by atoms with E-state index in [1.165, 1.54) is 13.8 Å². The van der Waals surface area contributed by atoms with Crippen molar-refractivity contribution in [2.75, 3.05) is 0 Å². The van der Waals surface area contributed by atoms with Crippen LogP contribution in [-0.4, -0.2) is 31.6 Å². The third kappa shape index (κ3) is 3.16. The van der Waals surface area contributed by atoms with Gasteiger partial charge in [-0.1, -0.05) is 5.21 Å². The molecule has 1 rings (SSSR count). The molecule has 1 aromatic heterocycles. The summed E-state index contributed by atoms with van der Waals surface area (Å²) in [4.78, 5) is 10.8. The number of alkyl halides is 3. The summed E-state index contributed by atoms with van der Waals surface area (Å²) in [6.07, 6.45) is -4.82. The number of aromatic nitrogens is 3. The number of primary amides is 1. The van der Waals surface area contributed by atoms with Crippen LogP contribution in [0.2, 0.25) is 0 Å². The minimum absolute atomic E-state index is 0.417. The number of hydrogen-bond acceptors (Lipinski definition) is 4. The number of rotatable bonds is 3. The van der Waals surface area contributed by atoms with E-state index in [-0.39, 0.29) is 0 Å². The highest BCUT2D eigenvalue weighted by Gasteiger charge is 2.41. The van der Waals surface area contributed by atoms with Crippen molar-refractivity contribution < 1.29 is 23.1 Å². The van der Waals surface area contributed by atoms with Crippen molar-refractivity contribution in [2.45, 2.75) is 32.2 Å². The van der Waals surface area contributed by atoms with Crippen LogP contribution in [0, 0.1) is 0 Å². The molecule has 1 aromatic rings. The van der Waals surface area contributed by atoms with Gasteiger partial charge >= 0.3 is 6.18 Å². The van der Waals surface area contributed by atoms with E-state index in [1.54, 1.807) is 0 Å². The Labute approximate surface area is 94.2 Å². The topological polar surface area (TPSA) is 94.0 Å². The van der Waals surface area contributed by atoms with Crippen molar-refractivity contribution in [1.29, 1.82) is 0 Å². The van der Waals surface area contributed by atoms with Gasteiger partial charge in [0.2, 0.25) is 0 Å². The fraction of sp³-hybridized carbons (Fsp3) is 0.625. The maximum Gasteiger partial charge on any atom is 0.435 e. The second-order valence-corrected chi connectivity index (χ2v) is 4.12. The molecule has 0 aliphatic rings. The number of carbonyl (C=O) groups excluding carboxylic acids is 1. The van der Waals surface area contributed by atoms with Crippen LogP contribution in [0.3, 0.4) is 0 Å². The molecule has 0 fully saturated rings. The third-order valence-electron chi connectivity index (χ3n) is 1.77. The predicted molar refractivity (Wildman–Crippen MR) is 49.8 cm³/mol. The summed E-state index contributed by atoms with van der Waals surface area (Å²) < 4.78 is 38.5. The zero-order chi connectivity index (χ0) is 13.4. The first-order valence-corrected chi connectivity index (χ1v) is 4.55. The number of carbonyl (C=O) groups is 1. The van der Waals surface area contributed by atoms with Gasteiger partial charge in [-0.05, 0) is 13.8 Å². The number of hydrogen-bond donors (Lipinski definition) is 2. The molecule has 1 amide bonds. The summed E-state index contributed by atoms with van der Waals surface area (Å²) in [7, 11) is 0. The SMILES string of the molecule is CC(C)(O)Cn1nnc(C(N)=O)c1C(F)(F)F. The Hall–Kier alpha value is -1.64. The zero-order valence-electron chi connectivity index (χ0n) is 9.12. The van der Waals surface area contributed by atoms with Crippen molar-refractivity contribution in [3.63, 3.8) is 0 Å². The average molecular weight is 252 g/mol. The van der Waals surface area contributed by atoms with Gasteiger partial charge in [-0.25, -0.2) is 4.68 Å². The first-order chi connectivity index (χ1) is 7.52. The van der Waals surface area contributed by atoms with Crippen LogP contribution in [0.5, 0.6) is 0 Å². The molecule has 0 saturated heterocycles. The highest BCUT2D eigenvalue weighted by Crippen LogP contribution is 2.31. The Kier molecular flexibility index (Phi) is 3.15. The van der Waals surface area contributed by atoms with Gasteiger partial charge in [-0.3, -0.25) is 4.79 Å². The Balaban J connectivity index is 3.29. The number of nitrogens with two attached hydrogens (primary N) is 1. The minimum atomic E-state index is -4.82. The van der Waals surface area contributed by atoms with Crippen LogP contribution < -0.4 is 5.73 Å². The van der Waals surface area contributed by atoms with Crippen molar-refractivity contribution in [1.82, 2.24) is 15.0 Å². The molecule has 0 radical (unpaired) electrons. The molecule has 0 aliphatic carbocycles. The van der Waals surface area contributed by atoms with Gasteiger partial charge in [0.05, 0.1) is 12.1 Å². The lowest BCUT2D eigenvalue weighted by Gasteiger charge is -2.18. The molecular weight excluding hydrogens is 241 g/mol. The molecule has 6 nitrogen and oxygen atoms in total. The van der Waals surface area contributed by atoms with Crippen molar-refractivity contribution in [3.8, 4) is 0 Å². The first kappa shape index (κ1) is 13.4. The van der Waals surface area contributed by atoms with Crippen LogP contribution >= 0.6 is 0 Å². The van der Waals surface area contributed by atoms with Crippen LogP contribution in [0.1, 0.15) is 30.0 Å². The zero-order valence-corrected chi connectivity index (χ0v) is 9.12. The predicted octanol–water partition coefficient (Wildman–Crippen LogP) is 0.167. The Morgan fingerprint density at radius 3 is 2.35 bits per heavy atom.